The Morgan fingerprint density at radius 1 is 0.972 bits per heavy atom. The van der Waals surface area contributed by atoms with E-state index >= 15 is 0 Å². The maximum Gasteiger partial charge on any atom is 0.416 e. The van der Waals surface area contributed by atoms with Gasteiger partial charge in [-0.1, -0.05) is 0 Å². The van der Waals surface area contributed by atoms with E-state index in [1.165, 1.54) is 30.5 Å². The molecule has 0 unspecified atom stereocenters. The van der Waals surface area contributed by atoms with Gasteiger partial charge in [-0.15, -0.1) is 0 Å². The molecule has 13 heteroatoms. The Morgan fingerprint density at radius 3 is 2.08 bits per heavy atom. The number of anilines is 1. The quantitative estimate of drug-likeness (QED) is 0.382. The molecular formula is C23H24F4N4O5. The molecule has 1 aromatic heterocycles. The minimum Gasteiger partial charge on any atom is -0.478 e. The highest BCUT2D eigenvalue weighted by Crippen LogP contribution is 2.30. The molecule has 0 radical (unpaired) electrons. The Kier molecular flexibility index (Phi) is 10.3. The van der Waals surface area contributed by atoms with Crippen molar-refractivity contribution in [2.75, 3.05) is 44.2 Å². The molecule has 1 aliphatic rings. The van der Waals surface area contributed by atoms with Crippen molar-refractivity contribution in [2.45, 2.75) is 6.18 Å². The SMILES string of the molecule is O=C(NCCN1CCN(c2cc(C(F)(F)F)ccn2)CC1)c1ccc(F)cc1.O=C(O)/C=C/C(=O)O. The molecule has 3 N–H and O–H groups in total. The molecule has 0 spiro atoms. The molecule has 1 aromatic carbocycles. The summed E-state index contributed by atoms with van der Waals surface area (Å²) in [5, 5.41) is 18.4. The summed E-state index contributed by atoms with van der Waals surface area (Å²) in [6, 6.07) is 7.34. The lowest BCUT2D eigenvalue weighted by Crippen LogP contribution is -2.48. The number of alkyl halides is 3. The molecule has 0 bridgehead atoms. The molecule has 0 saturated carbocycles. The summed E-state index contributed by atoms with van der Waals surface area (Å²) in [5.74, 6) is -2.87. The van der Waals surface area contributed by atoms with Crippen molar-refractivity contribution in [3.63, 3.8) is 0 Å². The number of carboxylic acid groups (broad SMARTS) is 2. The summed E-state index contributed by atoms with van der Waals surface area (Å²) < 4.78 is 51.4. The van der Waals surface area contributed by atoms with E-state index < -0.39 is 29.5 Å². The highest BCUT2D eigenvalue weighted by molar-refractivity contribution is 5.94. The average Bonchev–Trinajstić information content (AvgIpc) is 2.83. The van der Waals surface area contributed by atoms with Crippen molar-refractivity contribution >= 4 is 23.7 Å². The standard InChI is InChI=1S/C19H20F4N4O.C4H4O4/c20-16-3-1-14(2-4-16)18(28)25-7-8-26-9-11-27(12-10-26)17-13-15(5-6-24-17)19(21,22)23;5-3(6)1-2-4(7)8/h1-6,13H,7-12H2,(H,25,28);1-2H,(H,5,6)(H,7,8)/b;2-1+. The first-order valence-electron chi connectivity index (χ1n) is 10.6. The van der Waals surface area contributed by atoms with Crippen LogP contribution in [0.3, 0.4) is 0 Å². The predicted molar refractivity (Wildman–Crippen MR) is 121 cm³/mol. The lowest BCUT2D eigenvalue weighted by atomic mass is 10.2. The van der Waals surface area contributed by atoms with Crippen LogP contribution in [0.2, 0.25) is 0 Å². The Hall–Kier alpha value is -4.00. The topological polar surface area (TPSA) is 123 Å². The average molecular weight is 512 g/mol. The molecule has 3 rings (SSSR count). The van der Waals surface area contributed by atoms with Crippen molar-refractivity contribution in [2.24, 2.45) is 0 Å². The molecular weight excluding hydrogens is 488 g/mol. The van der Waals surface area contributed by atoms with Crippen LogP contribution >= 0.6 is 0 Å². The van der Waals surface area contributed by atoms with Gasteiger partial charge in [0.05, 0.1) is 5.56 Å². The van der Waals surface area contributed by atoms with Gasteiger partial charge in [0.15, 0.2) is 0 Å². The Balaban J connectivity index is 0.000000493. The Labute approximate surface area is 203 Å². The van der Waals surface area contributed by atoms with Gasteiger partial charge in [0.2, 0.25) is 0 Å². The number of carbonyl (C=O) groups is 3. The van der Waals surface area contributed by atoms with Gasteiger partial charge >= 0.3 is 18.1 Å². The third kappa shape index (κ3) is 9.70. The highest BCUT2D eigenvalue weighted by Gasteiger charge is 2.31. The van der Waals surface area contributed by atoms with Gasteiger partial charge in [0.1, 0.15) is 11.6 Å². The van der Waals surface area contributed by atoms with Crippen LogP contribution in [0, 0.1) is 5.82 Å². The number of nitrogens with one attached hydrogen (secondary N) is 1. The lowest BCUT2D eigenvalue weighted by molar-refractivity contribution is -0.137. The van der Waals surface area contributed by atoms with Crippen molar-refractivity contribution in [3.8, 4) is 0 Å². The Bertz CT molecular complexity index is 1050. The number of hydrogen-bond donors (Lipinski definition) is 3. The fourth-order valence-corrected chi connectivity index (χ4v) is 3.14. The summed E-state index contributed by atoms with van der Waals surface area (Å²) in [4.78, 5) is 39.1. The summed E-state index contributed by atoms with van der Waals surface area (Å²) in [5.41, 5.74) is -0.315. The molecule has 2 heterocycles. The number of carboxylic acids is 2. The number of aliphatic carboxylic acids is 2. The van der Waals surface area contributed by atoms with E-state index in [0.717, 1.165) is 12.1 Å². The predicted octanol–water partition coefficient (Wildman–Crippen LogP) is 2.50. The number of aromatic nitrogens is 1. The molecule has 0 aliphatic carbocycles. The second-order valence-corrected chi connectivity index (χ2v) is 7.50. The zero-order valence-corrected chi connectivity index (χ0v) is 18.9. The van der Waals surface area contributed by atoms with Gasteiger partial charge in [-0.3, -0.25) is 9.69 Å². The van der Waals surface area contributed by atoms with Crippen molar-refractivity contribution < 1.29 is 42.2 Å². The van der Waals surface area contributed by atoms with E-state index in [1.807, 2.05) is 4.90 Å². The molecule has 2 aromatic rings. The molecule has 1 fully saturated rings. The van der Waals surface area contributed by atoms with Gasteiger partial charge < -0.3 is 20.4 Å². The van der Waals surface area contributed by atoms with Crippen LogP contribution in [0.1, 0.15) is 15.9 Å². The highest BCUT2D eigenvalue weighted by atomic mass is 19.4. The minimum absolute atomic E-state index is 0.271. The van der Waals surface area contributed by atoms with Gasteiger partial charge in [-0.05, 0) is 36.4 Å². The van der Waals surface area contributed by atoms with Crippen molar-refractivity contribution in [1.82, 2.24) is 15.2 Å². The summed E-state index contributed by atoms with van der Waals surface area (Å²) >= 11 is 0. The maximum atomic E-state index is 12.9. The second-order valence-electron chi connectivity index (χ2n) is 7.50. The third-order valence-electron chi connectivity index (χ3n) is 4.96. The number of benzene rings is 1. The number of pyridine rings is 1. The van der Waals surface area contributed by atoms with E-state index in [-0.39, 0.29) is 5.91 Å². The zero-order valence-electron chi connectivity index (χ0n) is 18.9. The minimum atomic E-state index is -4.39. The summed E-state index contributed by atoms with van der Waals surface area (Å²) in [7, 11) is 0. The number of nitrogens with zero attached hydrogens (tertiary/aromatic N) is 3. The third-order valence-corrected chi connectivity index (χ3v) is 4.96. The fourth-order valence-electron chi connectivity index (χ4n) is 3.14. The first kappa shape index (κ1) is 28.2. The molecule has 0 atom stereocenters. The second kappa shape index (κ2) is 13.2. The number of halogens is 4. The van der Waals surface area contributed by atoms with Crippen molar-refractivity contribution in [1.29, 1.82) is 0 Å². The van der Waals surface area contributed by atoms with Crippen LogP contribution in [-0.2, 0) is 15.8 Å². The number of carbonyl (C=O) groups excluding carboxylic acids is 1. The van der Waals surface area contributed by atoms with E-state index in [2.05, 4.69) is 15.2 Å². The van der Waals surface area contributed by atoms with E-state index in [1.54, 1.807) is 0 Å². The number of piperazine rings is 1. The van der Waals surface area contributed by atoms with Crippen LogP contribution in [0.4, 0.5) is 23.4 Å². The normalized spacial score (nSPS) is 14.2. The van der Waals surface area contributed by atoms with Gasteiger partial charge in [0.25, 0.3) is 5.91 Å². The first-order valence-corrected chi connectivity index (χ1v) is 10.6. The van der Waals surface area contributed by atoms with E-state index in [0.29, 0.717) is 62.8 Å². The Morgan fingerprint density at radius 2 is 1.56 bits per heavy atom. The summed E-state index contributed by atoms with van der Waals surface area (Å²) in [6.45, 7) is 3.48. The number of rotatable bonds is 7. The van der Waals surface area contributed by atoms with Crippen LogP contribution in [0.15, 0.2) is 54.7 Å². The van der Waals surface area contributed by atoms with Crippen molar-refractivity contribution in [3.05, 3.63) is 71.7 Å². The lowest BCUT2D eigenvalue weighted by Gasteiger charge is -2.35. The molecule has 1 amide bonds. The number of hydrogen-bond acceptors (Lipinski definition) is 6. The molecule has 194 valence electrons. The van der Waals surface area contributed by atoms with Crippen LogP contribution in [0.5, 0.6) is 0 Å². The molecule has 9 nitrogen and oxygen atoms in total. The van der Waals surface area contributed by atoms with Crippen LogP contribution < -0.4 is 10.2 Å². The molecule has 36 heavy (non-hydrogen) atoms. The van der Waals surface area contributed by atoms with Gasteiger partial charge in [-0.25, -0.2) is 19.0 Å². The van der Waals surface area contributed by atoms with E-state index in [4.69, 9.17) is 10.2 Å². The number of amides is 1. The smallest absolute Gasteiger partial charge is 0.416 e. The molecule has 1 aliphatic heterocycles. The molecule has 1 saturated heterocycles. The zero-order chi connectivity index (χ0) is 26.7. The fraction of sp³-hybridized carbons (Fsp3) is 0.304. The first-order chi connectivity index (χ1) is 17.0. The summed E-state index contributed by atoms with van der Waals surface area (Å²) in [6.07, 6.45) is -2.09. The largest absolute Gasteiger partial charge is 0.478 e. The maximum absolute atomic E-state index is 12.9. The monoisotopic (exact) mass is 512 g/mol. The van der Waals surface area contributed by atoms with Crippen LogP contribution in [0.25, 0.3) is 0 Å². The van der Waals surface area contributed by atoms with Gasteiger partial charge in [0, 0.05) is 63.2 Å². The van der Waals surface area contributed by atoms with E-state index in [9.17, 15) is 31.9 Å². The van der Waals surface area contributed by atoms with Crippen LogP contribution in [-0.4, -0.2) is 77.2 Å². The van der Waals surface area contributed by atoms with Gasteiger partial charge in [-0.2, -0.15) is 13.2 Å².